The van der Waals surface area contributed by atoms with Crippen LogP contribution in [0.1, 0.15) is 11.3 Å². The second kappa shape index (κ2) is 7.10. The van der Waals surface area contributed by atoms with Crippen LogP contribution in [0.15, 0.2) is 59.4 Å². The first-order valence-corrected chi connectivity index (χ1v) is 7.69. The number of hydrogen-bond donors (Lipinski definition) is 2. The second-order valence-electron chi connectivity index (χ2n) is 5.12. The second-order valence-corrected chi connectivity index (χ2v) is 5.52. The van der Waals surface area contributed by atoms with Crippen molar-refractivity contribution in [2.24, 2.45) is 0 Å². The number of fused-ring (bicyclic) bond motifs is 1. The third kappa shape index (κ3) is 3.52. The molecular formula is C18H14ClN3O2. The molecule has 0 aliphatic carbocycles. The summed E-state index contributed by atoms with van der Waals surface area (Å²) in [5.41, 5.74) is 1.12. The first-order chi connectivity index (χ1) is 11.6. The quantitative estimate of drug-likeness (QED) is 0.718. The number of carbonyl (C=O) groups excluding carboxylic acids is 1. The number of hydrogen-bond acceptors (Lipinski definition) is 3. The normalized spacial score (nSPS) is 11.0. The summed E-state index contributed by atoms with van der Waals surface area (Å²) in [5.74, 6) is -0.271. The lowest BCUT2D eigenvalue weighted by molar-refractivity contribution is -0.116. The molecule has 1 aromatic heterocycles. The highest BCUT2D eigenvalue weighted by atomic mass is 35.5. The Morgan fingerprint density at radius 3 is 2.62 bits per heavy atom. The third-order valence-electron chi connectivity index (χ3n) is 3.52. The number of halogens is 1. The molecule has 0 saturated carbocycles. The minimum Gasteiger partial charge on any atom is -0.347 e. The van der Waals surface area contributed by atoms with E-state index >= 15 is 0 Å². The van der Waals surface area contributed by atoms with Gasteiger partial charge in [-0.05, 0) is 23.8 Å². The number of nitrogens with zero attached hydrogens (tertiary/aromatic N) is 1. The molecule has 0 atom stereocenters. The summed E-state index contributed by atoms with van der Waals surface area (Å²) >= 11 is 6.03. The number of rotatable bonds is 4. The average Bonchev–Trinajstić information content (AvgIpc) is 2.61. The zero-order valence-electron chi connectivity index (χ0n) is 12.6. The molecule has 0 spiro atoms. The Kier molecular flexibility index (Phi) is 4.72. The van der Waals surface area contributed by atoms with Crippen LogP contribution in [0.4, 0.5) is 0 Å². The van der Waals surface area contributed by atoms with Crippen LogP contribution in [-0.4, -0.2) is 16.1 Å². The monoisotopic (exact) mass is 339 g/mol. The number of nitrogens with one attached hydrogen (secondary N) is 2. The molecule has 0 radical (unpaired) electrons. The van der Waals surface area contributed by atoms with Gasteiger partial charge in [-0.1, -0.05) is 48.0 Å². The zero-order valence-corrected chi connectivity index (χ0v) is 13.4. The predicted octanol–water partition coefficient (Wildman–Crippen LogP) is 2.91. The van der Waals surface area contributed by atoms with Crippen molar-refractivity contribution in [1.82, 2.24) is 15.5 Å². The van der Waals surface area contributed by atoms with Crippen LogP contribution in [-0.2, 0) is 11.3 Å². The molecule has 1 heterocycles. The van der Waals surface area contributed by atoms with E-state index in [1.807, 2.05) is 24.3 Å². The van der Waals surface area contributed by atoms with Gasteiger partial charge in [0.2, 0.25) is 5.91 Å². The van der Waals surface area contributed by atoms with Crippen LogP contribution in [0.3, 0.4) is 0 Å². The maximum atomic E-state index is 12.0. The van der Waals surface area contributed by atoms with Gasteiger partial charge in [0.25, 0.3) is 5.56 Å². The van der Waals surface area contributed by atoms with Crippen LogP contribution in [0.2, 0.25) is 5.02 Å². The number of benzene rings is 2. The van der Waals surface area contributed by atoms with Gasteiger partial charge in [-0.2, -0.15) is 5.10 Å². The number of carbonyl (C=O) groups is 1. The SMILES string of the molecule is O=C(/C=C/c1ccccc1Cl)NCc1n[nH]c(=O)c2ccccc12. The van der Waals surface area contributed by atoms with Crippen molar-refractivity contribution in [1.29, 1.82) is 0 Å². The molecule has 0 unspecified atom stereocenters. The molecule has 120 valence electrons. The molecule has 3 aromatic rings. The van der Waals surface area contributed by atoms with Gasteiger partial charge in [0.15, 0.2) is 0 Å². The predicted molar refractivity (Wildman–Crippen MR) is 94.7 cm³/mol. The Balaban J connectivity index is 1.72. The smallest absolute Gasteiger partial charge is 0.272 e. The Morgan fingerprint density at radius 1 is 1.12 bits per heavy atom. The fraction of sp³-hybridized carbons (Fsp3) is 0.0556. The van der Waals surface area contributed by atoms with Crippen LogP contribution >= 0.6 is 11.6 Å². The van der Waals surface area contributed by atoms with Crippen molar-refractivity contribution in [2.75, 3.05) is 0 Å². The number of aromatic nitrogens is 2. The average molecular weight is 340 g/mol. The summed E-state index contributed by atoms with van der Waals surface area (Å²) in [6.07, 6.45) is 3.06. The van der Waals surface area contributed by atoms with E-state index < -0.39 is 0 Å². The minimum absolute atomic E-state index is 0.211. The molecule has 2 aromatic carbocycles. The first-order valence-electron chi connectivity index (χ1n) is 7.32. The molecule has 0 aliphatic rings. The van der Waals surface area contributed by atoms with Crippen LogP contribution in [0.25, 0.3) is 16.8 Å². The van der Waals surface area contributed by atoms with Crippen LogP contribution in [0.5, 0.6) is 0 Å². The summed E-state index contributed by atoms with van der Waals surface area (Å²) in [4.78, 5) is 23.7. The molecule has 5 nitrogen and oxygen atoms in total. The molecule has 0 fully saturated rings. The Hall–Kier alpha value is -2.92. The topological polar surface area (TPSA) is 74.8 Å². The number of H-pyrrole nitrogens is 1. The molecule has 0 saturated heterocycles. The molecule has 24 heavy (non-hydrogen) atoms. The Morgan fingerprint density at radius 2 is 1.83 bits per heavy atom. The van der Waals surface area contributed by atoms with E-state index in [2.05, 4.69) is 15.5 Å². The molecule has 0 aliphatic heterocycles. The number of aromatic amines is 1. The molecule has 1 amide bonds. The minimum atomic E-state index is -0.271. The maximum Gasteiger partial charge on any atom is 0.272 e. The molecule has 6 heteroatoms. The van der Waals surface area contributed by atoms with E-state index in [1.165, 1.54) is 6.08 Å². The highest BCUT2D eigenvalue weighted by Gasteiger charge is 2.06. The maximum absolute atomic E-state index is 12.0. The lowest BCUT2D eigenvalue weighted by atomic mass is 10.1. The van der Waals surface area contributed by atoms with Gasteiger partial charge in [-0.3, -0.25) is 9.59 Å². The highest BCUT2D eigenvalue weighted by Crippen LogP contribution is 2.16. The number of amides is 1. The van der Waals surface area contributed by atoms with Gasteiger partial charge < -0.3 is 5.32 Å². The third-order valence-corrected chi connectivity index (χ3v) is 3.87. The van der Waals surface area contributed by atoms with Gasteiger partial charge >= 0.3 is 0 Å². The van der Waals surface area contributed by atoms with Crippen molar-refractivity contribution in [3.05, 3.63) is 81.2 Å². The van der Waals surface area contributed by atoms with Gasteiger partial charge in [0.1, 0.15) is 0 Å². The van der Waals surface area contributed by atoms with Crippen LogP contribution < -0.4 is 10.9 Å². The van der Waals surface area contributed by atoms with Crippen molar-refractivity contribution in [2.45, 2.75) is 6.54 Å². The van der Waals surface area contributed by atoms with Crippen molar-refractivity contribution >= 4 is 34.4 Å². The van der Waals surface area contributed by atoms with Gasteiger partial charge in [0.05, 0.1) is 17.6 Å². The van der Waals surface area contributed by atoms with Crippen LogP contribution in [0, 0.1) is 0 Å². The largest absolute Gasteiger partial charge is 0.347 e. The van der Waals surface area contributed by atoms with Gasteiger partial charge in [-0.15, -0.1) is 0 Å². The highest BCUT2D eigenvalue weighted by molar-refractivity contribution is 6.32. The Labute approximate surface area is 143 Å². The van der Waals surface area contributed by atoms with Crippen molar-refractivity contribution < 1.29 is 4.79 Å². The lowest BCUT2D eigenvalue weighted by Gasteiger charge is -2.05. The fourth-order valence-corrected chi connectivity index (χ4v) is 2.51. The summed E-state index contributed by atoms with van der Waals surface area (Å²) in [6.45, 7) is 0.211. The van der Waals surface area contributed by atoms with Crippen molar-refractivity contribution in [3.8, 4) is 0 Å². The van der Waals surface area contributed by atoms with E-state index in [0.29, 0.717) is 16.1 Å². The van der Waals surface area contributed by atoms with Gasteiger partial charge in [-0.25, -0.2) is 5.10 Å². The molecule has 3 rings (SSSR count). The molecular weight excluding hydrogens is 326 g/mol. The first kappa shape index (κ1) is 16.0. The standard InChI is InChI=1S/C18H14ClN3O2/c19-15-8-4-1-5-12(15)9-10-17(23)20-11-16-13-6-2-3-7-14(13)18(24)22-21-16/h1-10H,11H2,(H,20,23)(H,22,24)/b10-9+. The van der Waals surface area contributed by atoms with E-state index in [-0.39, 0.29) is 18.0 Å². The van der Waals surface area contributed by atoms with E-state index in [0.717, 1.165) is 10.9 Å². The fourth-order valence-electron chi connectivity index (χ4n) is 2.31. The molecule has 2 N–H and O–H groups in total. The summed E-state index contributed by atoms with van der Waals surface area (Å²) in [5, 5.41) is 11.0. The zero-order chi connectivity index (χ0) is 16.9. The Bertz CT molecular complexity index is 979. The van der Waals surface area contributed by atoms with E-state index in [9.17, 15) is 9.59 Å². The van der Waals surface area contributed by atoms with E-state index in [1.54, 1.807) is 30.3 Å². The molecule has 0 bridgehead atoms. The summed E-state index contributed by atoms with van der Waals surface area (Å²) in [6, 6.07) is 14.4. The summed E-state index contributed by atoms with van der Waals surface area (Å²) < 4.78 is 0. The van der Waals surface area contributed by atoms with Crippen molar-refractivity contribution in [3.63, 3.8) is 0 Å². The lowest BCUT2D eigenvalue weighted by Crippen LogP contribution is -2.22. The van der Waals surface area contributed by atoms with E-state index in [4.69, 9.17) is 11.6 Å². The van der Waals surface area contributed by atoms with Gasteiger partial charge in [0, 0.05) is 16.5 Å². The summed E-state index contributed by atoms with van der Waals surface area (Å²) in [7, 11) is 0.